The molecule has 0 aromatic heterocycles. The summed E-state index contributed by atoms with van der Waals surface area (Å²) in [6.07, 6.45) is 0. The molecule has 1 rings (SSSR count). The Kier molecular flexibility index (Phi) is 5.67. The van der Waals surface area contributed by atoms with E-state index in [9.17, 15) is 13.6 Å². The number of aliphatic hydroxyl groups excluding tert-OH is 1. The van der Waals surface area contributed by atoms with Gasteiger partial charge < -0.3 is 10.4 Å². The topological polar surface area (TPSA) is 52.6 Å². The molecule has 0 aliphatic rings. The van der Waals surface area contributed by atoms with Crippen molar-refractivity contribution in [2.75, 3.05) is 31.6 Å². The molecule has 6 heteroatoms. The average Bonchev–Trinajstić information content (AvgIpc) is 2.33. The fraction of sp³-hybridized carbons (Fsp3) is 0.417. The second-order valence-corrected chi connectivity index (χ2v) is 3.76. The van der Waals surface area contributed by atoms with Crippen LogP contribution in [0.1, 0.15) is 6.92 Å². The molecule has 0 aliphatic carbocycles. The second-order valence-electron chi connectivity index (χ2n) is 3.76. The number of amides is 1. The number of halogens is 2. The molecular formula is C12H16F2N2O2. The molecule has 1 aromatic carbocycles. The average molecular weight is 258 g/mol. The van der Waals surface area contributed by atoms with Gasteiger partial charge in [0.15, 0.2) is 0 Å². The maximum Gasteiger partial charge on any atom is 0.238 e. The molecule has 0 saturated heterocycles. The van der Waals surface area contributed by atoms with Gasteiger partial charge in [0.2, 0.25) is 5.91 Å². The van der Waals surface area contributed by atoms with Crippen molar-refractivity contribution in [1.82, 2.24) is 4.90 Å². The van der Waals surface area contributed by atoms with Gasteiger partial charge in [-0.05, 0) is 18.7 Å². The van der Waals surface area contributed by atoms with Gasteiger partial charge >= 0.3 is 0 Å². The highest BCUT2D eigenvalue weighted by atomic mass is 19.1. The summed E-state index contributed by atoms with van der Waals surface area (Å²) < 4.78 is 26.1. The molecule has 0 atom stereocenters. The summed E-state index contributed by atoms with van der Waals surface area (Å²) in [5, 5.41) is 11.1. The normalized spacial score (nSPS) is 10.7. The number of anilines is 1. The van der Waals surface area contributed by atoms with Gasteiger partial charge in [-0.3, -0.25) is 9.69 Å². The third-order valence-corrected chi connectivity index (χ3v) is 2.43. The van der Waals surface area contributed by atoms with Crippen LogP contribution in [0.15, 0.2) is 18.2 Å². The van der Waals surface area contributed by atoms with Gasteiger partial charge in [-0.2, -0.15) is 0 Å². The zero-order valence-electron chi connectivity index (χ0n) is 10.1. The van der Waals surface area contributed by atoms with Gasteiger partial charge in [0.25, 0.3) is 0 Å². The summed E-state index contributed by atoms with van der Waals surface area (Å²) in [4.78, 5) is 13.3. The number of rotatable bonds is 6. The number of nitrogens with one attached hydrogen (secondary N) is 1. The molecule has 0 unspecified atom stereocenters. The largest absolute Gasteiger partial charge is 0.395 e. The van der Waals surface area contributed by atoms with E-state index in [1.54, 1.807) is 4.90 Å². The fourth-order valence-corrected chi connectivity index (χ4v) is 1.48. The Bertz CT molecular complexity index is 413. The van der Waals surface area contributed by atoms with Crippen molar-refractivity contribution in [2.45, 2.75) is 6.92 Å². The summed E-state index contributed by atoms with van der Waals surface area (Å²) in [7, 11) is 0. The van der Waals surface area contributed by atoms with Gasteiger partial charge in [0.05, 0.1) is 18.8 Å². The van der Waals surface area contributed by atoms with E-state index < -0.39 is 17.5 Å². The zero-order chi connectivity index (χ0) is 13.5. The number of hydrogen-bond acceptors (Lipinski definition) is 3. The molecule has 18 heavy (non-hydrogen) atoms. The van der Waals surface area contributed by atoms with Gasteiger partial charge in [-0.1, -0.05) is 6.92 Å². The molecule has 0 aliphatic heterocycles. The van der Waals surface area contributed by atoms with Crippen LogP contribution in [0.4, 0.5) is 14.5 Å². The maximum atomic E-state index is 13.3. The van der Waals surface area contributed by atoms with E-state index >= 15 is 0 Å². The number of likely N-dealkylation sites (N-methyl/N-ethyl adjacent to an activating group) is 1. The van der Waals surface area contributed by atoms with Crippen LogP contribution < -0.4 is 5.32 Å². The summed E-state index contributed by atoms with van der Waals surface area (Å²) in [6, 6.07) is 2.86. The standard InChI is InChI=1S/C12H16F2N2O2/c1-2-16(5-6-17)8-12(18)15-11-7-9(13)3-4-10(11)14/h3-4,7,17H,2,5-6,8H2,1H3,(H,15,18). The summed E-state index contributed by atoms with van der Waals surface area (Å²) in [5.41, 5.74) is -0.181. The first-order valence-corrected chi connectivity index (χ1v) is 5.65. The minimum atomic E-state index is -0.685. The third-order valence-electron chi connectivity index (χ3n) is 2.43. The first-order valence-electron chi connectivity index (χ1n) is 5.65. The van der Waals surface area contributed by atoms with Crippen molar-refractivity contribution in [3.05, 3.63) is 29.8 Å². The Morgan fingerprint density at radius 2 is 2.17 bits per heavy atom. The predicted octanol–water partition coefficient (Wildman–Crippen LogP) is 1.22. The number of nitrogens with zero attached hydrogens (tertiary/aromatic N) is 1. The van der Waals surface area contributed by atoms with E-state index in [-0.39, 0.29) is 18.8 Å². The minimum Gasteiger partial charge on any atom is -0.395 e. The van der Waals surface area contributed by atoms with E-state index in [4.69, 9.17) is 5.11 Å². The van der Waals surface area contributed by atoms with Crippen molar-refractivity contribution in [3.63, 3.8) is 0 Å². The highest BCUT2D eigenvalue weighted by molar-refractivity contribution is 5.92. The lowest BCUT2D eigenvalue weighted by Gasteiger charge is -2.18. The summed E-state index contributed by atoms with van der Waals surface area (Å²) in [6.45, 7) is 2.74. The van der Waals surface area contributed by atoms with Crippen LogP contribution >= 0.6 is 0 Å². The molecule has 0 heterocycles. The first-order chi connectivity index (χ1) is 8.56. The fourth-order valence-electron chi connectivity index (χ4n) is 1.48. The highest BCUT2D eigenvalue weighted by Gasteiger charge is 2.11. The van der Waals surface area contributed by atoms with Crippen molar-refractivity contribution in [3.8, 4) is 0 Å². The second kappa shape index (κ2) is 7.03. The van der Waals surface area contributed by atoms with Crippen molar-refractivity contribution in [2.24, 2.45) is 0 Å². The first kappa shape index (κ1) is 14.5. The van der Waals surface area contributed by atoms with Crippen LogP contribution in [0.25, 0.3) is 0 Å². The summed E-state index contributed by atoms with van der Waals surface area (Å²) in [5.74, 6) is -1.75. The van der Waals surface area contributed by atoms with Crippen molar-refractivity contribution in [1.29, 1.82) is 0 Å². The van der Waals surface area contributed by atoms with Crippen LogP contribution in [0.3, 0.4) is 0 Å². The van der Waals surface area contributed by atoms with E-state index in [2.05, 4.69) is 5.32 Å². The van der Waals surface area contributed by atoms with Crippen LogP contribution in [-0.2, 0) is 4.79 Å². The molecule has 0 saturated carbocycles. The Labute approximate surface area is 104 Å². The number of carbonyl (C=O) groups is 1. The van der Waals surface area contributed by atoms with E-state index in [0.29, 0.717) is 13.1 Å². The van der Waals surface area contributed by atoms with Gasteiger partial charge in [-0.15, -0.1) is 0 Å². The minimum absolute atomic E-state index is 0.0208. The number of benzene rings is 1. The molecule has 2 N–H and O–H groups in total. The van der Waals surface area contributed by atoms with E-state index in [1.165, 1.54) is 0 Å². The molecule has 0 spiro atoms. The van der Waals surface area contributed by atoms with Crippen molar-refractivity contribution >= 4 is 11.6 Å². The molecule has 1 amide bonds. The van der Waals surface area contributed by atoms with Gasteiger partial charge in [0.1, 0.15) is 11.6 Å². The van der Waals surface area contributed by atoms with Gasteiger partial charge in [0, 0.05) is 12.6 Å². The highest BCUT2D eigenvalue weighted by Crippen LogP contribution is 2.15. The lowest BCUT2D eigenvalue weighted by molar-refractivity contribution is -0.117. The van der Waals surface area contributed by atoms with Crippen LogP contribution in [0, 0.1) is 11.6 Å². The Morgan fingerprint density at radius 3 is 2.78 bits per heavy atom. The molecule has 4 nitrogen and oxygen atoms in total. The van der Waals surface area contributed by atoms with Gasteiger partial charge in [-0.25, -0.2) is 8.78 Å². The number of aliphatic hydroxyl groups is 1. The lowest BCUT2D eigenvalue weighted by atomic mass is 10.3. The molecule has 0 fully saturated rings. The molecule has 100 valence electrons. The predicted molar refractivity (Wildman–Crippen MR) is 64.2 cm³/mol. The maximum absolute atomic E-state index is 13.3. The quantitative estimate of drug-likeness (QED) is 0.806. The molecule has 0 bridgehead atoms. The SMILES string of the molecule is CCN(CCO)CC(=O)Nc1cc(F)ccc1F. The molecular weight excluding hydrogens is 242 g/mol. The molecule has 1 aromatic rings. The van der Waals surface area contributed by atoms with E-state index in [1.807, 2.05) is 6.92 Å². The Morgan fingerprint density at radius 1 is 1.44 bits per heavy atom. The zero-order valence-corrected chi connectivity index (χ0v) is 10.1. The molecule has 0 radical (unpaired) electrons. The smallest absolute Gasteiger partial charge is 0.238 e. The van der Waals surface area contributed by atoms with Crippen LogP contribution in [0.5, 0.6) is 0 Å². The van der Waals surface area contributed by atoms with Crippen molar-refractivity contribution < 1.29 is 18.7 Å². The Balaban J connectivity index is 2.61. The Hall–Kier alpha value is -1.53. The third kappa shape index (κ3) is 4.38. The monoisotopic (exact) mass is 258 g/mol. The van der Waals surface area contributed by atoms with Crippen LogP contribution in [-0.4, -0.2) is 42.2 Å². The lowest BCUT2D eigenvalue weighted by Crippen LogP contribution is -2.35. The number of carbonyl (C=O) groups excluding carboxylic acids is 1. The van der Waals surface area contributed by atoms with Crippen LogP contribution in [0.2, 0.25) is 0 Å². The number of hydrogen-bond donors (Lipinski definition) is 2. The van der Waals surface area contributed by atoms with E-state index in [0.717, 1.165) is 18.2 Å². The summed E-state index contributed by atoms with van der Waals surface area (Å²) >= 11 is 0.